The summed E-state index contributed by atoms with van der Waals surface area (Å²) in [6, 6.07) is 9.58. The number of anilines is 2. The van der Waals surface area contributed by atoms with Crippen LogP contribution in [-0.4, -0.2) is 25.3 Å². The molecule has 3 aromatic heterocycles. The van der Waals surface area contributed by atoms with Crippen LogP contribution in [0.3, 0.4) is 0 Å². The molecule has 0 fully saturated rings. The van der Waals surface area contributed by atoms with E-state index in [2.05, 4.69) is 25.5 Å². The molecule has 132 valence electrons. The number of aromatic amines is 1. The second-order valence-electron chi connectivity index (χ2n) is 5.96. The van der Waals surface area contributed by atoms with Crippen molar-refractivity contribution in [3.05, 3.63) is 64.7 Å². The largest absolute Gasteiger partial charge is 0.388 e. The second kappa shape index (κ2) is 6.81. The fourth-order valence-electron chi connectivity index (χ4n) is 2.67. The van der Waals surface area contributed by atoms with Crippen LogP contribution < -0.4 is 5.32 Å². The zero-order chi connectivity index (χ0) is 18.1. The van der Waals surface area contributed by atoms with E-state index < -0.39 is 6.10 Å². The van der Waals surface area contributed by atoms with Crippen LogP contribution in [0.2, 0.25) is 0 Å². The molecule has 0 aliphatic heterocycles. The quantitative estimate of drug-likeness (QED) is 0.497. The van der Waals surface area contributed by atoms with Crippen molar-refractivity contribution in [3.8, 4) is 0 Å². The van der Waals surface area contributed by atoms with E-state index >= 15 is 0 Å². The number of aromatic nitrogens is 4. The summed E-state index contributed by atoms with van der Waals surface area (Å²) in [5.41, 5.74) is 2.37. The third-order valence-electron chi connectivity index (χ3n) is 3.93. The number of benzene rings is 1. The summed E-state index contributed by atoms with van der Waals surface area (Å²) in [4.78, 5) is 9.08. The van der Waals surface area contributed by atoms with Crippen molar-refractivity contribution in [2.24, 2.45) is 0 Å². The number of H-pyrrole nitrogens is 1. The number of hydrogen-bond acceptors (Lipinski definition) is 6. The maximum atomic E-state index is 13.1. The fourth-order valence-corrected chi connectivity index (χ4v) is 3.44. The van der Waals surface area contributed by atoms with Crippen molar-refractivity contribution in [1.29, 1.82) is 0 Å². The van der Waals surface area contributed by atoms with Gasteiger partial charge in [-0.2, -0.15) is 5.10 Å². The number of halogens is 1. The van der Waals surface area contributed by atoms with Gasteiger partial charge in [0.05, 0.1) is 16.3 Å². The molecular weight excluding hydrogens is 353 g/mol. The first-order chi connectivity index (χ1) is 12.6. The Bertz CT molecular complexity index is 1040. The van der Waals surface area contributed by atoms with Gasteiger partial charge in [0.1, 0.15) is 11.6 Å². The molecule has 0 radical (unpaired) electrons. The van der Waals surface area contributed by atoms with Gasteiger partial charge in [0.2, 0.25) is 0 Å². The topological polar surface area (TPSA) is 86.7 Å². The molecule has 0 saturated carbocycles. The van der Waals surface area contributed by atoms with Crippen molar-refractivity contribution < 1.29 is 9.50 Å². The number of nitrogens with zero attached hydrogens (tertiary/aromatic N) is 3. The number of rotatable bonds is 5. The zero-order valence-corrected chi connectivity index (χ0v) is 14.7. The van der Waals surface area contributed by atoms with Gasteiger partial charge in [0, 0.05) is 18.2 Å². The molecule has 1 aromatic carbocycles. The molecule has 4 rings (SSSR count). The lowest BCUT2D eigenvalue weighted by Crippen LogP contribution is -2.07. The Morgan fingerprint density at radius 2 is 2.04 bits per heavy atom. The SMILES string of the molecule is Cc1cc(Nc2nc(CC(O)c3ccc(F)cc3)nc3ccsc23)n[nH]1. The van der Waals surface area contributed by atoms with Crippen molar-refractivity contribution in [1.82, 2.24) is 20.2 Å². The minimum Gasteiger partial charge on any atom is -0.388 e. The Morgan fingerprint density at radius 1 is 1.23 bits per heavy atom. The minimum absolute atomic E-state index is 0.228. The van der Waals surface area contributed by atoms with Crippen LogP contribution in [0, 0.1) is 12.7 Å². The van der Waals surface area contributed by atoms with Crippen molar-refractivity contribution in [2.45, 2.75) is 19.4 Å². The standard InChI is InChI=1S/C18H16FN5OS/c1-10-8-16(24-23-10)22-18-17-13(6-7-26-17)20-15(21-18)9-14(25)11-2-4-12(19)5-3-11/h2-8,14,25H,9H2,1H3,(H2,20,21,22,23,24). The number of fused-ring (bicyclic) bond motifs is 1. The van der Waals surface area contributed by atoms with E-state index in [0.29, 0.717) is 23.0 Å². The van der Waals surface area contributed by atoms with Gasteiger partial charge in [-0.15, -0.1) is 11.3 Å². The number of thiophene rings is 1. The van der Waals surface area contributed by atoms with Crippen LogP contribution >= 0.6 is 11.3 Å². The Kier molecular flexibility index (Phi) is 4.36. The van der Waals surface area contributed by atoms with Gasteiger partial charge in [0.15, 0.2) is 11.6 Å². The summed E-state index contributed by atoms with van der Waals surface area (Å²) < 4.78 is 14.0. The molecule has 0 aliphatic rings. The normalized spacial score (nSPS) is 12.4. The van der Waals surface area contributed by atoms with Gasteiger partial charge >= 0.3 is 0 Å². The summed E-state index contributed by atoms with van der Waals surface area (Å²) >= 11 is 1.54. The summed E-state index contributed by atoms with van der Waals surface area (Å²) in [6.45, 7) is 1.92. The Balaban J connectivity index is 1.63. The van der Waals surface area contributed by atoms with Gasteiger partial charge in [-0.3, -0.25) is 5.10 Å². The first-order valence-corrected chi connectivity index (χ1v) is 8.93. The van der Waals surface area contributed by atoms with Gasteiger partial charge in [-0.1, -0.05) is 12.1 Å². The van der Waals surface area contributed by atoms with E-state index in [4.69, 9.17) is 0 Å². The lowest BCUT2D eigenvalue weighted by Gasteiger charge is -2.11. The summed E-state index contributed by atoms with van der Waals surface area (Å²) in [6.07, 6.45) is -0.585. The van der Waals surface area contributed by atoms with Crippen LogP contribution in [0.25, 0.3) is 10.2 Å². The molecule has 3 heterocycles. The monoisotopic (exact) mass is 369 g/mol. The molecule has 26 heavy (non-hydrogen) atoms. The van der Waals surface area contributed by atoms with Crippen LogP contribution in [0.5, 0.6) is 0 Å². The maximum Gasteiger partial charge on any atom is 0.153 e. The molecule has 6 nitrogen and oxygen atoms in total. The van der Waals surface area contributed by atoms with E-state index in [0.717, 1.165) is 15.9 Å². The number of aliphatic hydroxyl groups is 1. The van der Waals surface area contributed by atoms with Gasteiger partial charge in [-0.05, 0) is 36.1 Å². The molecule has 4 aromatic rings. The minimum atomic E-state index is -0.813. The lowest BCUT2D eigenvalue weighted by molar-refractivity contribution is 0.176. The van der Waals surface area contributed by atoms with Gasteiger partial charge in [-0.25, -0.2) is 14.4 Å². The van der Waals surface area contributed by atoms with Crippen LogP contribution in [-0.2, 0) is 6.42 Å². The number of aryl methyl sites for hydroxylation is 1. The average molecular weight is 369 g/mol. The number of hydrogen-bond donors (Lipinski definition) is 3. The van der Waals surface area contributed by atoms with E-state index in [1.54, 1.807) is 12.1 Å². The van der Waals surface area contributed by atoms with E-state index in [-0.39, 0.29) is 12.2 Å². The summed E-state index contributed by atoms with van der Waals surface area (Å²) in [5, 5.41) is 22.6. The van der Waals surface area contributed by atoms with Crippen molar-refractivity contribution in [3.63, 3.8) is 0 Å². The number of nitrogens with one attached hydrogen (secondary N) is 2. The zero-order valence-electron chi connectivity index (χ0n) is 13.9. The average Bonchev–Trinajstić information content (AvgIpc) is 3.24. The molecule has 0 amide bonds. The van der Waals surface area contributed by atoms with Crippen molar-refractivity contribution >= 4 is 33.2 Å². The predicted molar refractivity (Wildman–Crippen MR) is 99.1 cm³/mol. The summed E-state index contributed by atoms with van der Waals surface area (Å²) in [7, 11) is 0. The number of aliphatic hydroxyl groups excluding tert-OH is 1. The highest BCUT2D eigenvalue weighted by Gasteiger charge is 2.15. The highest BCUT2D eigenvalue weighted by atomic mass is 32.1. The lowest BCUT2D eigenvalue weighted by atomic mass is 10.1. The highest BCUT2D eigenvalue weighted by Crippen LogP contribution is 2.29. The third-order valence-corrected chi connectivity index (χ3v) is 4.84. The second-order valence-corrected chi connectivity index (χ2v) is 6.87. The Hall–Kier alpha value is -2.84. The van der Waals surface area contributed by atoms with E-state index in [1.807, 2.05) is 24.4 Å². The molecular formula is C18H16FN5OS. The van der Waals surface area contributed by atoms with E-state index in [9.17, 15) is 9.50 Å². The van der Waals surface area contributed by atoms with Crippen LogP contribution in [0.4, 0.5) is 16.0 Å². The van der Waals surface area contributed by atoms with Crippen LogP contribution in [0.15, 0.2) is 41.8 Å². The molecule has 0 aliphatic carbocycles. The van der Waals surface area contributed by atoms with Crippen molar-refractivity contribution in [2.75, 3.05) is 5.32 Å². The predicted octanol–water partition coefficient (Wildman–Crippen LogP) is 3.88. The molecule has 0 bridgehead atoms. The van der Waals surface area contributed by atoms with E-state index in [1.165, 1.54) is 23.5 Å². The Morgan fingerprint density at radius 3 is 2.77 bits per heavy atom. The first-order valence-electron chi connectivity index (χ1n) is 8.05. The summed E-state index contributed by atoms with van der Waals surface area (Å²) in [5.74, 6) is 1.49. The first kappa shape index (κ1) is 16.6. The van der Waals surface area contributed by atoms with Crippen LogP contribution in [0.1, 0.15) is 23.2 Å². The molecule has 1 unspecified atom stereocenters. The third kappa shape index (κ3) is 3.42. The molecule has 0 saturated heterocycles. The maximum absolute atomic E-state index is 13.1. The molecule has 3 N–H and O–H groups in total. The van der Waals surface area contributed by atoms with Gasteiger partial charge in [0.25, 0.3) is 0 Å². The smallest absolute Gasteiger partial charge is 0.153 e. The molecule has 0 spiro atoms. The van der Waals surface area contributed by atoms with Gasteiger partial charge < -0.3 is 10.4 Å². The highest BCUT2D eigenvalue weighted by molar-refractivity contribution is 7.17. The molecule has 1 atom stereocenters. The molecule has 8 heteroatoms. The Labute approximate surface area is 152 Å². The fraction of sp³-hybridized carbons (Fsp3) is 0.167.